The predicted octanol–water partition coefficient (Wildman–Crippen LogP) is 4.88. The zero-order valence-corrected chi connectivity index (χ0v) is 14.0. The number of imide groups is 1. The highest BCUT2D eigenvalue weighted by atomic mass is 35.5. The van der Waals surface area contributed by atoms with Crippen LogP contribution in [0.25, 0.3) is 6.08 Å². The van der Waals surface area contributed by atoms with Crippen LogP contribution in [0.15, 0.2) is 53.4 Å². The van der Waals surface area contributed by atoms with Crippen molar-refractivity contribution in [3.63, 3.8) is 0 Å². The summed E-state index contributed by atoms with van der Waals surface area (Å²) in [6, 6.07) is 15.0. The number of halogens is 1. The normalized spacial score (nSPS) is 16.4. The van der Waals surface area contributed by atoms with E-state index in [1.165, 1.54) is 4.90 Å². The number of hydrogen-bond donors (Lipinski definition) is 0. The molecule has 1 aliphatic heterocycles. The summed E-state index contributed by atoms with van der Waals surface area (Å²) in [5.41, 5.74) is 2.85. The van der Waals surface area contributed by atoms with Crippen LogP contribution in [0.3, 0.4) is 0 Å². The second-order valence-corrected chi connectivity index (χ2v) is 6.74. The van der Waals surface area contributed by atoms with E-state index < -0.39 is 0 Å². The van der Waals surface area contributed by atoms with Crippen LogP contribution < -0.4 is 0 Å². The molecule has 0 unspecified atom stereocenters. The van der Waals surface area contributed by atoms with Gasteiger partial charge in [-0.1, -0.05) is 53.6 Å². The van der Waals surface area contributed by atoms with E-state index in [2.05, 4.69) is 0 Å². The lowest BCUT2D eigenvalue weighted by atomic mass is 10.1. The first-order valence-electron chi connectivity index (χ1n) is 7.09. The fraction of sp³-hybridized carbons (Fsp3) is 0.111. The molecule has 2 aromatic carbocycles. The molecule has 0 aliphatic carbocycles. The molecule has 0 atom stereocenters. The average Bonchev–Trinajstić information content (AvgIpc) is 2.75. The standard InChI is InChI=1S/C18H14ClNO2S/c1-12-4-2-6-14(8-12)11-20-17(21)16(23-18(20)22)10-13-5-3-7-15(19)9-13/h2-10H,11H2,1H3/b16-10-. The summed E-state index contributed by atoms with van der Waals surface area (Å²) >= 11 is 6.91. The number of thioether (sulfide) groups is 1. The third-order valence-corrected chi connectivity index (χ3v) is 4.59. The van der Waals surface area contributed by atoms with E-state index in [4.69, 9.17) is 11.6 Å². The Bertz CT molecular complexity index is 816. The predicted molar refractivity (Wildman–Crippen MR) is 94.1 cm³/mol. The van der Waals surface area contributed by atoms with Crippen molar-refractivity contribution in [2.45, 2.75) is 13.5 Å². The summed E-state index contributed by atoms with van der Waals surface area (Å²) in [4.78, 5) is 26.3. The van der Waals surface area contributed by atoms with Crippen LogP contribution in [0.4, 0.5) is 4.79 Å². The summed E-state index contributed by atoms with van der Waals surface area (Å²) in [5, 5.41) is 0.350. The maximum atomic E-state index is 12.5. The fourth-order valence-corrected chi connectivity index (χ4v) is 3.41. The molecule has 2 aromatic rings. The molecule has 0 aromatic heterocycles. The van der Waals surface area contributed by atoms with Crippen molar-refractivity contribution in [2.24, 2.45) is 0 Å². The number of carbonyl (C=O) groups excluding carboxylic acids is 2. The molecule has 0 saturated carbocycles. The quantitative estimate of drug-likeness (QED) is 0.745. The molecule has 116 valence electrons. The first-order valence-corrected chi connectivity index (χ1v) is 8.29. The molecule has 1 saturated heterocycles. The minimum Gasteiger partial charge on any atom is -0.268 e. The number of nitrogens with zero attached hydrogens (tertiary/aromatic N) is 1. The van der Waals surface area contributed by atoms with Gasteiger partial charge in [-0.3, -0.25) is 14.5 Å². The number of benzene rings is 2. The van der Waals surface area contributed by atoms with Gasteiger partial charge in [-0.05, 0) is 48.0 Å². The van der Waals surface area contributed by atoms with E-state index in [-0.39, 0.29) is 11.1 Å². The van der Waals surface area contributed by atoms with Crippen LogP contribution in [0.5, 0.6) is 0 Å². The van der Waals surface area contributed by atoms with Crippen molar-refractivity contribution in [1.82, 2.24) is 4.90 Å². The largest absolute Gasteiger partial charge is 0.293 e. The van der Waals surface area contributed by atoms with Gasteiger partial charge in [0.2, 0.25) is 0 Å². The minimum atomic E-state index is -0.263. The van der Waals surface area contributed by atoms with Crippen LogP contribution in [-0.4, -0.2) is 16.0 Å². The van der Waals surface area contributed by atoms with E-state index in [0.717, 1.165) is 28.5 Å². The van der Waals surface area contributed by atoms with Gasteiger partial charge in [0.25, 0.3) is 11.1 Å². The second-order valence-electron chi connectivity index (χ2n) is 5.31. The maximum absolute atomic E-state index is 12.5. The summed E-state index contributed by atoms with van der Waals surface area (Å²) in [6.07, 6.45) is 1.70. The zero-order chi connectivity index (χ0) is 16.4. The minimum absolute atomic E-state index is 0.246. The second kappa shape index (κ2) is 6.60. The molecular formula is C18H14ClNO2S. The molecule has 23 heavy (non-hydrogen) atoms. The van der Waals surface area contributed by atoms with Gasteiger partial charge in [-0.25, -0.2) is 0 Å². The van der Waals surface area contributed by atoms with E-state index >= 15 is 0 Å². The van der Waals surface area contributed by atoms with E-state index in [0.29, 0.717) is 16.5 Å². The van der Waals surface area contributed by atoms with Gasteiger partial charge < -0.3 is 0 Å². The first kappa shape index (κ1) is 15.8. The highest BCUT2D eigenvalue weighted by Gasteiger charge is 2.34. The van der Waals surface area contributed by atoms with Crippen molar-refractivity contribution >= 4 is 40.6 Å². The first-order chi connectivity index (χ1) is 11.0. The van der Waals surface area contributed by atoms with E-state index in [1.54, 1.807) is 18.2 Å². The smallest absolute Gasteiger partial charge is 0.268 e. The molecule has 0 N–H and O–H groups in total. The van der Waals surface area contributed by atoms with Crippen LogP contribution >= 0.6 is 23.4 Å². The number of hydrogen-bond acceptors (Lipinski definition) is 3. The molecule has 1 fully saturated rings. The lowest BCUT2D eigenvalue weighted by molar-refractivity contribution is -0.123. The van der Waals surface area contributed by atoms with E-state index in [9.17, 15) is 9.59 Å². The Balaban J connectivity index is 1.82. The molecule has 0 spiro atoms. The summed E-state index contributed by atoms with van der Waals surface area (Å²) in [5.74, 6) is -0.263. The van der Waals surface area contributed by atoms with Crippen LogP contribution in [0, 0.1) is 6.92 Å². The van der Waals surface area contributed by atoms with Gasteiger partial charge in [-0.15, -0.1) is 0 Å². The van der Waals surface area contributed by atoms with E-state index in [1.807, 2.05) is 43.3 Å². The maximum Gasteiger partial charge on any atom is 0.293 e. The summed E-state index contributed by atoms with van der Waals surface area (Å²) in [6.45, 7) is 2.27. The monoisotopic (exact) mass is 343 g/mol. The topological polar surface area (TPSA) is 37.4 Å². The molecule has 3 nitrogen and oxygen atoms in total. The van der Waals surface area contributed by atoms with Gasteiger partial charge in [0.15, 0.2) is 0 Å². The van der Waals surface area contributed by atoms with Crippen LogP contribution in [0.1, 0.15) is 16.7 Å². The molecule has 2 amide bonds. The number of rotatable bonds is 3. The molecule has 3 rings (SSSR count). The third-order valence-electron chi connectivity index (χ3n) is 3.44. The molecule has 0 radical (unpaired) electrons. The Morgan fingerprint density at radius 1 is 1.13 bits per heavy atom. The third kappa shape index (κ3) is 3.66. The van der Waals surface area contributed by atoms with Crippen molar-refractivity contribution in [1.29, 1.82) is 0 Å². The molecular weight excluding hydrogens is 330 g/mol. The Kier molecular flexibility index (Phi) is 4.55. The van der Waals surface area contributed by atoms with Gasteiger partial charge in [0.05, 0.1) is 11.4 Å². The molecule has 5 heteroatoms. The van der Waals surface area contributed by atoms with Crippen LogP contribution in [0.2, 0.25) is 5.02 Å². The van der Waals surface area contributed by atoms with Crippen molar-refractivity contribution in [3.8, 4) is 0 Å². The van der Waals surface area contributed by atoms with Crippen molar-refractivity contribution in [3.05, 3.63) is 75.1 Å². The molecule has 1 heterocycles. The Morgan fingerprint density at radius 3 is 2.65 bits per heavy atom. The summed E-state index contributed by atoms with van der Waals surface area (Å²) < 4.78 is 0. The SMILES string of the molecule is Cc1cccc(CN2C(=O)S/C(=C\c3cccc(Cl)c3)C2=O)c1. The highest BCUT2D eigenvalue weighted by molar-refractivity contribution is 8.18. The van der Waals surface area contributed by atoms with Crippen molar-refractivity contribution < 1.29 is 9.59 Å². The summed E-state index contributed by atoms with van der Waals surface area (Å²) in [7, 11) is 0. The van der Waals surface area contributed by atoms with Gasteiger partial charge in [-0.2, -0.15) is 0 Å². The van der Waals surface area contributed by atoms with Gasteiger partial charge in [0.1, 0.15) is 0 Å². The highest BCUT2D eigenvalue weighted by Crippen LogP contribution is 2.33. The number of carbonyl (C=O) groups is 2. The lowest BCUT2D eigenvalue weighted by Gasteiger charge is -2.12. The Morgan fingerprint density at radius 2 is 1.91 bits per heavy atom. The van der Waals surface area contributed by atoms with Crippen LogP contribution in [-0.2, 0) is 11.3 Å². The molecule has 0 bridgehead atoms. The number of amides is 2. The lowest BCUT2D eigenvalue weighted by Crippen LogP contribution is -2.27. The zero-order valence-electron chi connectivity index (χ0n) is 12.5. The Labute approximate surface area is 143 Å². The van der Waals surface area contributed by atoms with Crippen molar-refractivity contribution in [2.75, 3.05) is 0 Å². The Hall–Kier alpha value is -2.04. The fourth-order valence-electron chi connectivity index (χ4n) is 2.38. The average molecular weight is 344 g/mol. The van der Waals surface area contributed by atoms with Gasteiger partial charge >= 0.3 is 0 Å². The van der Waals surface area contributed by atoms with Gasteiger partial charge in [0, 0.05) is 5.02 Å². The number of aryl methyl sites for hydroxylation is 1. The molecule has 1 aliphatic rings.